The molecule has 0 fully saturated rings. The standard InChI is InChI=1S/C9H11NO2/c1-6-7(9(12)10-2)4-3-5-8(6)11/h3-5,11H,1-2H3,(H,10,12). The van der Waals surface area contributed by atoms with E-state index in [2.05, 4.69) is 5.32 Å². The van der Waals surface area contributed by atoms with E-state index in [1.165, 1.54) is 0 Å². The zero-order valence-corrected chi connectivity index (χ0v) is 7.09. The lowest BCUT2D eigenvalue weighted by Crippen LogP contribution is -2.18. The van der Waals surface area contributed by atoms with Gasteiger partial charge < -0.3 is 10.4 Å². The molecule has 1 aromatic rings. The van der Waals surface area contributed by atoms with Crippen molar-refractivity contribution in [2.45, 2.75) is 6.92 Å². The summed E-state index contributed by atoms with van der Waals surface area (Å²) in [5, 5.41) is 11.8. The van der Waals surface area contributed by atoms with Gasteiger partial charge in [-0.15, -0.1) is 0 Å². The zero-order chi connectivity index (χ0) is 9.14. The molecule has 0 radical (unpaired) electrons. The molecule has 1 aromatic carbocycles. The van der Waals surface area contributed by atoms with Gasteiger partial charge in [0.15, 0.2) is 0 Å². The third kappa shape index (κ3) is 1.39. The smallest absolute Gasteiger partial charge is 0.251 e. The summed E-state index contributed by atoms with van der Waals surface area (Å²) in [6, 6.07) is 4.88. The number of rotatable bonds is 1. The molecular weight excluding hydrogens is 154 g/mol. The number of nitrogens with one attached hydrogen (secondary N) is 1. The summed E-state index contributed by atoms with van der Waals surface area (Å²) >= 11 is 0. The first-order valence-electron chi connectivity index (χ1n) is 3.67. The Balaban J connectivity index is 3.16. The van der Waals surface area contributed by atoms with Crippen molar-refractivity contribution in [3.05, 3.63) is 29.3 Å². The van der Waals surface area contributed by atoms with Crippen molar-refractivity contribution in [1.29, 1.82) is 0 Å². The van der Waals surface area contributed by atoms with Gasteiger partial charge in [-0.05, 0) is 19.1 Å². The van der Waals surface area contributed by atoms with Crippen LogP contribution in [0, 0.1) is 6.92 Å². The molecule has 0 heterocycles. The number of amides is 1. The fraction of sp³-hybridized carbons (Fsp3) is 0.222. The molecule has 0 aliphatic carbocycles. The molecule has 64 valence electrons. The molecule has 0 saturated carbocycles. The fourth-order valence-electron chi connectivity index (χ4n) is 1.00. The summed E-state index contributed by atoms with van der Waals surface area (Å²) in [6.07, 6.45) is 0. The Labute approximate surface area is 71.0 Å². The highest BCUT2D eigenvalue weighted by atomic mass is 16.3. The van der Waals surface area contributed by atoms with E-state index in [-0.39, 0.29) is 11.7 Å². The summed E-state index contributed by atoms with van der Waals surface area (Å²) in [5.74, 6) is -0.0282. The first kappa shape index (κ1) is 8.59. The predicted octanol–water partition coefficient (Wildman–Crippen LogP) is 1.06. The molecule has 0 atom stereocenters. The van der Waals surface area contributed by atoms with E-state index < -0.39 is 0 Å². The van der Waals surface area contributed by atoms with Crippen LogP contribution in [0.5, 0.6) is 5.75 Å². The molecule has 0 saturated heterocycles. The molecule has 0 aliphatic heterocycles. The zero-order valence-electron chi connectivity index (χ0n) is 7.09. The van der Waals surface area contributed by atoms with Crippen molar-refractivity contribution in [3.8, 4) is 5.75 Å². The third-order valence-corrected chi connectivity index (χ3v) is 1.78. The number of aromatic hydroxyl groups is 1. The van der Waals surface area contributed by atoms with E-state index in [1.807, 2.05) is 0 Å². The summed E-state index contributed by atoms with van der Waals surface area (Å²) in [7, 11) is 1.56. The molecule has 0 bridgehead atoms. The summed E-state index contributed by atoms with van der Waals surface area (Å²) in [5.41, 5.74) is 1.12. The van der Waals surface area contributed by atoms with E-state index >= 15 is 0 Å². The monoisotopic (exact) mass is 165 g/mol. The van der Waals surface area contributed by atoms with Gasteiger partial charge in [-0.2, -0.15) is 0 Å². The molecular formula is C9H11NO2. The first-order valence-corrected chi connectivity index (χ1v) is 3.67. The molecule has 0 aromatic heterocycles. The average Bonchev–Trinajstić information content (AvgIpc) is 2.08. The SMILES string of the molecule is CNC(=O)c1cccc(O)c1C. The largest absolute Gasteiger partial charge is 0.508 e. The lowest BCUT2D eigenvalue weighted by molar-refractivity contribution is 0.0962. The fourth-order valence-corrected chi connectivity index (χ4v) is 1.00. The van der Waals surface area contributed by atoms with Crippen molar-refractivity contribution in [2.24, 2.45) is 0 Å². The second kappa shape index (κ2) is 3.26. The lowest BCUT2D eigenvalue weighted by atomic mass is 10.1. The second-order valence-electron chi connectivity index (χ2n) is 2.53. The van der Waals surface area contributed by atoms with E-state index in [1.54, 1.807) is 32.2 Å². The van der Waals surface area contributed by atoms with Gasteiger partial charge in [0.2, 0.25) is 0 Å². The first-order chi connectivity index (χ1) is 5.66. The number of carbonyl (C=O) groups is 1. The normalized spacial score (nSPS) is 9.50. The van der Waals surface area contributed by atoms with Crippen LogP contribution in [-0.2, 0) is 0 Å². The van der Waals surface area contributed by atoms with E-state index in [0.29, 0.717) is 11.1 Å². The van der Waals surface area contributed by atoms with Gasteiger partial charge in [0.25, 0.3) is 5.91 Å². The second-order valence-corrected chi connectivity index (χ2v) is 2.53. The minimum absolute atomic E-state index is 0.149. The summed E-state index contributed by atoms with van der Waals surface area (Å²) in [4.78, 5) is 11.2. The van der Waals surface area contributed by atoms with E-state index in [0.717, 1.165) is 0 Å². The minimum atomic E-state index is -0.177. The van der Waals surface area contributed by atoms with Crippen molar-refractivity contribution >= 4 is 5.91 Å². The maximum atomic E-state index is 11.2. The van der Waals surface area contributed by atoms with Crippen LogP contribution >= 0.6 is 0 Å². The van der Waals surface area contributed by atoms with Crippen LogP contribution in [0.2, 0.25) is 0 Å². The van der Waals surface area contributed by atoms with Crippen LogP contribution in [0.4, 0.5) is 0 Å². The van der Waals surface area contributed by atoms with Crippen molar-refractivity contribution < 1.29 is 9.90 Å². The molecule has 0 unspecified atom stereocenters. The predicted molar refractivity (Wildman–Crippen MR) is 46.2 cm³/mol. The van der Waals surface area contributed by atoms with Gasteiger partial charge in [-0.3, -0.25) is 4.79 Å². The van der Waals surface area contributed by atoms with Gasteiger partial charge in [0.05, 0.1) is 0 Å². The molecule has 0 spiro atoms. The molecule has 2 N–H and O–H groups in total. The van der Waals surface area contributed by atoms with Crippen LogP contribution in [0.15, 0.2) is 18.2 Å². The Morgan fingerprint density at radius 3 is 2.75 bits per heavy atom. The Morgan fingerprint density at radius 1 is 1.50 bits per heavy atom. The quantitative estimate of drug-likeness (QED) is 0.653. The third-order valence-electron chi connectivity index (χ3n) is 1.78. The molecule has 1 amide bonds. The Morgan fingerprint density at radius 2 is 2.17 bits per heavy atom. The number of hydrogen-bond donors (Lipinski definition) is 2. The minimum Gasteiger partial charge on any atom is -0.508 e. The Kier molecular flexibility index (Phi) is 2.33. The van der Waals surface area contributed by atoms with Crippen molar-refractivity contribution in [1.82, 2.24) is 5.32 Å². The lowest BCUT2D eigenvalue weighted by Gasteiger charge is -2.04. The number of benzene rings is 1. The summed E-state index contributed by atoms with van der Waals surface area (Å²) < 4.78 is 0. The van der Waals surface area contributed by atoms with E-state index in [9.17, 15) is 9.90 Å². The number of phenolic OH excluding ortho intramolecular Hbond substituents is 1. The molecule has 12 heavy (non-hydrogen) atoms. The highest BCUT2D eigenvalue weighted by Gasteiger charge is 2.08. The number of carbonyl (C=O) groups excluding carboxylic acids is 1. The van der Waals surface area contributed by atoms with Gasteiger partial charge in [-0.25, -0.2) is 0 Å². The average molecular weight is 165 g/mol. The van der Waals surface area contributed by atoms with Crippen molar-refractivity contribution in [3.63, 3.8) is 0 Å². The molecule has 3 nitrogen and oxygen atoms in total. The van der Waals surface area contributed by atoms with Crippen molar-refractivity contribution in [2.75, 3.05) is 7.05 Å². The topological polar surface area (TPSA) is 49.3 Å². The van der Waals surface area contributed by atoms with Crippen LogP contribution in [0.1, 0.15) is 15.9 Å². The van der Waals surface area contributed by atoms with Gasteiger partial charge in [-0.1, -0.05) is 6.07 Å². The highest BCUT2D eigenvalue weighted by molar-refractivity contribution is 5.95. The number of hydrogen-bond acceptors (Lipinski definition) is 2. The van der Waals surface area contributed by atoms with Crippen LogP contribution in [-0.4, -0.2) is 18.1 Å². The maximum Gasteiger partial charge on any atom is 0.251 e. The van der Waals surface area contributed by atoms with Gasteiger partial charge in [0.1, 0.15) is 5.75 Å². The van der Waals surface area contributed by atoms with E-state index in [4.69, 9.17) is 0 Å². The van der Waals surface area contributed by atoms with Crippen LogP contribution in [0.25, 0.3) is 0 Å². The molecule has 1 rings (SSSR count). The molecule has 3 heteroatoms. The Bertz CT molecular complexity index is 307. The Hall–Kier alpha value is -1.51. The van der Waals surface area contributed by atoms with Gasteiger partial charge in [0, 0.05) is 18.2 Å². The molecule has 0 aliphatic rings. The number of phenols is 1. The maximum absolute atomic E-state index is 11.2. The van der Waals surface area contributed by atoms with Gasteiger partial charge >= 0.3 is 0 Å². The van der Waals surface area contributed by atoms with Crippen LogP contribution in [0.3, 0.4) is 0 Å². The van der Waals surface area contributed by atoms with Crippen LogP contribution < -0.4 is 5.32 Å². The summed E-state index contributed by atoms with van der Waals surface area (Å²) in [6.45, 7) is 1.71. The highest BCUT2D eigenvalue weighted by Crippen LogP contribution is 2.18.